The highest BCUT2D eigenvalue weighted by Crippen LogP contribution is 2.38. The van der Waals surface area contributed by atoms with E-state index in [0.717, 1.165) is 22.1 Å². The summed E-state index contributed by atoms with van der Waals surface area (Å²) in [6, 6.07) is 14.0. The summed E-state index contributed by atoms with van der Waals surface area (Å²) < 4.78 is 1.21. The predicted octanol–water partition coefficient (Wildman–Crippen LogP) is 4.39. The summed E-state index contributed by atoms with van der Waals surface area (Å²) in [6.07, 6.45) is 3.46. The predicted molar refractivity (Wildman–Crippen MR) is 99.5 cm³/mol. The number of aryl methyl sites for hydroxylation is 1. The maximum atomic E-state index is 5.72. The van der Waals surface area contributed by atoms with Gasteiger partial charge in [-0.15, -0.1) is 11.3 Å². The van der Waals surface area contributed by atoms with Gasteiger partial charge in [0.25, 0.3) is 0 Å². The Morgan fingerprint density at radius 2 is 1.96 bits per heavy atom. The highest BCUT2D eigenvalue weighted by molar-refractivity contribution is 7.22. The molecule has 0 spiro atoms. The smallest absolute Gasteiger partial charge is 0.220 e. The Kier molecular flexibility index (Phi) is 3.59. The number of nitrogens with one attached hydrogen (secondary N) is 1. The lowest BCUT2D eigenvalue weighted by Gasteiger charge is -2.05. The van der Waals surface area contributed by atoms with Crippen LogP contribution in [0.25, 0.3) is 20.7 Å². The van der Waals surface area contributed by atoms with Gasteiger partial charge < -0.3 is 11.1 Å². The van der Waals surface area contributed by atoms with Gasteiger partial charge in [-0.1, -0.05) is 6.07 Å². The molecule has 0 saturated heterocycles. The summed E-state index contributed by atoms with van der Waals surface area (Å²) in [7, 11) is 0. The first kappa shape index (κ1) is 14.6. The maximum absolute atomic E-state index is 5.72. The molecule has 1 aromatic carbocycles. The van der Waals surface area contributed by atoms with Crippen LogP contribution < -0.4 is 11.1 Å². The molecule has 6 heteroatoms. The third-order valence-corrected chi connectivity index (χ3v) is 5.08. The summed E-state index contributed by atoms with van der Waals surface area (Å²) >= 11 is 1.71. The number of aromatic nitrogens is 3. The van der Waals surface area contributed by atoms with Gasteiger partial charge in [-0.05, 0) is 54.3 Å². The molecular weight excluding hydrogens is 318 g/mol. The summed E-state index contributed by atoms with van der Waals surface area (Å²) in [5.74, 6) is 1.12. The lowest BCUT2D eigenvalue weighted by Crippen LogP contribution is -1.94. The van der Waals surface area contributed by atoms with E-state index in [0.29, 0.717) is 5.95 Å². The van der Waals surface area contributed by atoms with Crippen molar-refractivity contribution in [2.45, 2.75) is 6.92 Å². The van der Waals surface area contributed by atoms with Crippen molar-refractivity contribution in [1.29, 1.82) is 0 Å². The molecule has 24 heavy (non-hydrogen) atoms. The number of hydrogen-bond acceptors (Lipinski definition) is 6. The van der Waals surface area contributed by atoms with Crippen LogP contribution in [0.3, 0.4) is 0 Å². The second kappa shape index (κ2) is 5.90. The molecule has 0 aliphatic rings. The van der Waals surface area contributed by atoms with E-state index in [1.165, 1.54) is 15.6 Å². The van der Waals surface area contributed by atoms with E-state index in [1.807, 2.05) is 24.3 Å². The van der Waals surface area contributed by atoms with Crippen molar-refractivity contribution in [2.75, 3.05) is 11.1 Å². The molecule has 0 saturated carbocycles. The van der Waals surface area contributed by atoms with Gasteiger partial charge >= 0.3 is 0 Å². The summed E-state index contributed by atoms with van der Waals surface area (Å²) in [4.78, 5) is 13.7. The molecule has 0 aliphatic heterocycles. The van der Waals surface area contributed by atoms with Gasteiger partial charge in [0.1, 0.15) is 5.82 Å². The monoisotopic (exact) mass is 333 g/mol. The third kappa shape index (κ3) is 2.68. The van der Waals surface area contributed by atoms with Crippen molar-refractivity contribution < 1.29 is 0 Å². The Morgan fingerprint density at radius 3 is 2.75 bits per heavy atom. The van der Waals surface area contributed by atoms with Crippen molar-refractivity contribution in [3.8, 4) is 10.6 Å². The number of nitrogen functional groups attached to an aromatic ring is 1. The first-order chi connectivity index (χ1) is 11.7. The maximum Gasteiger partial charge on any atom is 0.220 e. The molecule has 5 nitrogen and oxygen atoms in total. The Morgan fingerprint density at radius 1 is 1.04 bits per heavy atom. The molecule has 0 atom stereocenters. The molecule has 0 fully saturated rings. The molecule has 0 radical (unpaired) electrons. The number of rotatable bonds is 3. The van der Waals surface area contributed by atoms with E-state index in [9.17, 15) is 0 Å². The van der Waals surface area contributed by atoms with E-state index in [4.69, 9.17) is 5.73 Å². The Labute approximate surface area is 143 Å². The minimum Gasteiger partial charge on any atom is -0.368 e. The van der Waals surface area contributed by atoms with Crippen molar-refractivity contribution in [3.63, 3.8) is 0 Å². The first-order valence-corrected chi connectivity index (χ1v) is 8.32. The van der Waals surface area contributed by atoms with Gasteiger partial charge in [-0.25, -0.2) is 15.0 Å². The number of hydrogen-bond donors (Lipinski definition) is 2. The number of nitrogens with two attached hydrogens (primary N) is 1. The van der Waals surface area contributed by atoms with Gasteiger partial charge in [0.15, 0.2) is 0 Å². The Bertz CT molecular complexity index is 1010. The fourth-order valence-corrected chi connectivity index (χ4v) is 3.79. The molecule has 0 bridgehead atoms. The number of thiophene rings is 1. The second-order valence-electron chi connectivity index (χ2n) is 5.41. The zero-order chi connectivity index (χ0) is 16.5. The van der Waals surface area contributed by atoms with Gasteiger partial charge in [0, 0.05) is 22.8 Å². The lowest BCUT2D eigenvalue weighted by atomic mass is 10.1. The standard InChI is InChI=1S/C18H15N5S/c1-11-13-10-12(22-16-4-2-3-8-20-16)5-6-15(13)24-17(11)14-7-9-21-18(19)23-14/h2-10H,1H3,(H,20,22)(H2,19,21,23). The van der Waals surface area contributed by atoms with Crippen molar-refractivity contribution >= 4 is 38.9 Å². The lowest BCUT2D eigenvalue weighted by molar-refractivity contribution is 1.19. The van der Waals surface area contributed by atoms with Gasteiger partial charge in [0.05, 0.1) is 10.6 Å². The second-order valence-corrected chi connectivity index (χ2v) is 6.46. The molecule has 4 rings (SSSR count). The van der Waals surface area contributed by atoms with Gasteiger partial charge in [-0.2, -0.15) is 0 Å². The molecule has 0 aliphatic carbocycles. The summed E-state index contributed by atoms with van der Waals surface area (Å²) in [6.45, 7) is 2.11. The van der Waals surface area contributed by atoms with E-state index < -0.39 is 0 Å². The van der Waals surface area contributed by atoms with Gasteiger partial charge in [-0.3, -0.25) is 0 Å². The molecule has 3 aromatic heterocycles. The minimum absolute atomic E-state index is 0.293. The van der Waals surface area contributed by atoms with E-state index >= 15 is 0 Å². The number of benzene rings is 1. The molecule has 3 N–H and O–H groups in total. The fourth-order valence-electron chi connectivity index (χ4n) is 2.63. The molecule has 118 valence electrons. The van der Waals surface area contributed by atoms with Crippen LogP contribution >= 0.6 is 11.3 Å². The average molecular weight is 333 g/mol. The first-order valence-electron chi connectivity index (χ1n) is 7.51. The van der Waals surface area contributed by atoms with E-state index in [2.05, 4.69) is 45.4 Å². The third-order valence-electron chi connectivity index (χ3n) is 3.78. The van der Waals surface area contributed by atoms with Crippen LogP contribution in [0.4, 0.5) is 17.5 Å². The number of anilines is 3. The zero-order valence-corrected chi connectivity index (χ0v) is 13.8. The highest BCUT2D eigenvalue weighted by atomic mass is 32.1. The van der Waals surface area contributed by atoms with Crippen molar-refractivity contribution in [1.82, 2.24) is 15.0 Å². The molecular formula is C18H15N5S. The molecule has 4 aromatic rings. The fraction of sp³-hybridized carbons (Fsp3) is 0.0556. The Balaban J connectivity index is 1.76. The number of pyridine rings is 1. The largest absolute Gasteiger partial charge is 0.368 e. The van der Waals surface area contributed by atoms with E-state index in [1.54, 1.807) is 23.7 Å². The van der Waals surface area contributed by atoms with E-state index in [-0.39, 0.29) is 0 Å². The normalized spacial score (nSPS) is 10.9. The van der Waals surface area contributed by atoms with Crippen LogP contribution in [0.5, 0.6) is 0 Å². The average Bonchev–Trinajstić information content (AvgIpc) is 2.93. The van der Waals surface area contributed by atoms with Crippen molar-refractivity contribution in [2.24, 2.45) is 0 Å². The summed E-state index contributed by atoms with van der Waals surface area (Å²) in [5, 5.41) is 4.53. The molecule has 0 amide bonds. The van der Waals surface area contributed by atoms with Gasteiger partial charge in [0.2, 0.25) is 5.95 Å². The number of fused-ring (bicyclic) bond motifs is 1. The minimum atomic E-state index is 0.293. The van der Waals surface area contributed by atoms with Crippen LogP contribution in [0.2, 0.25) is 0 Å². The van der Waals surface area contributed by atoms with Crippen LogP contribution in [-0.2, 0) is 0 Å². The van der Waals surface area contributed by atoms with Crippen LogP contribution in [0.15, 0.2) is 54.9 Å². The zero-order valence-electron chi connectivity index (χ0n) is 13.0. The molecule has 3 heterocycles. The topological polar surface area (TPSA) is 76.7 Å². The summed E-state index contributed by atoms with van der Waals surface area (Å²) in [5.41, 5.74) is 8.78. The Hall–Kier alpha value is -2.99. The molecule has 0 unspecified atom stereocenters. The van der Waals surface area contributed by atoms with Crippen LogP contribution in [0, 0.1) is 6.92 Å². The van der Waals surface area contributed by atoms with Crippen LogP contribution in [0.1, 0.15) is 5.56 Å². The SMILES string of the molecule is Cc1c(-c2ccnc(N)n2)sc2ccc(Nc3ccccn3)cc12. The van der Waals surface area contributed by atoms with Crippen molar-refractivity contribution in [3.05, 3.63) is 60.4 Å². The van der Waals surface area contributed by atoms with Crippen LogP contribution in [-0.4, -0.2) is 15.0 Å². The quantitative estimate of drug-likeness (QED) is 0.581. The highest BCUT2D eigenvalue weighted by Gasteiger charge is 2.12. The number of nitrogens with zero attached hydrogens (tertiary/aromatic N) is 3.